The third-order valence-electron chi connectivity index (χ3n) is 2.25. The number of aromatic nitrogens is 2. The molecule has 5 heteroatoms. The first-order valence-electron chi connectivity index (χ1n) is 5.60. The first-order valence-corrected chi connectivity index (χ1v) is 5.60. The number of benzene rings is 1. The zero-order valence-corrected chi connectivity index (χ0v) is 9.96. The van der Waals surface area contributed by atoms with Gasteiger partial charge >= 0.3 is 0 Å². The van der Waals surface area contributed by atoms with E-state index >= 15 is 0 Å². The Balaban J connectivity index is 2.17. The van der Waals surface area contributed by atoms with Crippen LogP contribution in [-0.4, -0.2) is 22.5 Å². The maximum atomic E-state index is 11.9. The van der Waals surface area contributed by atoms with Crippen LogP contribution in [0.4, 0.5) is 5.69 Å². The lowest BCUT2D eigenvalue weighted by molar-refractivity contribution is 0.102. The molecule has 2 rings (SSSR count). The van der Waals surface area contributed by atoms with Crippen molar-refractivity contribution in [2.75, 3.05) is 11.9 Å². The van der Waals surface area contributed by atoms with Crippen molar-refractivity contribution < 1.29 is 9.53 Å². The molecule has 0 aliphatic heterocycles. The van der Waals surface area contributed by atoms with Crippen LogP contribution in [0.25, 0.3) is 0 Å². The zero-order valence-electron chi connectivity index (χ0n) is 9.96. The van der Waals surface area contributed by atoms with Gasteiger partial charge in [-0.05, 0) is 25.1 Å². The molecule has 0 aliphatic rings. The Morgan fingerprint density at radius 2 is 2.17 bits per heavy atom. The van der Waals surface area contributed by atoms with Gasteiger partial charge in [0.15, 0.2) is 0 Å². The number of para-hydroxylation sites is 2. The molecule has 0 unspecified atom stereocenters. The van der Waals surface area contributed by atoms with Gasteiger partial charge in [-0.15, -0.1) is 0 Å². The van der Waals surface area contributed by atoms with Crippen LogP contribution in [0.15, 0.2) is 42.9 Å². The maximum Gasteiger partial charge on any atom is 0.274 e. The highest BCUT2D eigenvalue weighted by Crippen LogP contribution is 2.23. The van der Waals surface area contributed by atoms with Gasteiger partial charge in [-0.1, -0.05) is 12.1 Å². The Morgan fingerprint density at radius 3 is 2.89 bits per heavy atom. The summed E-state index contributed by atoms with van der Waals surface area (Å²) in [5, 5.41) is 2.76. The van der Waals surface area contributed by atoms with Gasteiger partial charge in [-0.25, -0.2) is 9.97 Å². The average molecular weight is 243 g/mol. The molecule has 0 bridgehead atoms. The van der Waals surface area contributed by atoms with Gasteiger partial charge in [0.05, 0.1) is 12.3 Å². The van der Waals surface area contributed by atoms with Crippen LogP contribution in [0, 0.1) is 0 Å². The lowest BCUT2D eigenvalue weighted by Crippen LogP contribution is -2.14. The smallest absolute Gasteiger partial charge is 0.274 e. The normalized spacial score (nSPS) is 9.83. The van der Waals surface area contributed by atoms with Gasteiger partial charge in [-0.2, -0.15) is 0 Å². The predicted octanol–water partition coefficient (Wildman–Crippen LogP) is 2.13. The Kier molecular flexibility index (Phi) is 3.86. The molecular weight excluding hydrogens is 230 g/mol. The van der Waals surface area contributed by atoms with Crippen molar-refractivity contribution in [3.8, 4) is 5.75 Å². The van der Waals surface area contributed by atoms with Crippen LogP contribution in [0.1, 0.15) is 17.4 Å². The van der Waals surface area contributed by atoms with Gasteiger partial charge in [0.1, 0.15) is 17.8 Å². The second kappa shape index (κ2) is 5.77. The summed E-state index contributed by atoms with van der Waals surface area (Å²) in [5.74, 6) is 0.354. The number of nitrogens with one attached hydrogen (secondary N) is 1. The Morgan fingerprint density at radius 1 is 1.33 bits per heavy atom. The van der Waals surface area contributed by atoms with Gasteiger partial charge in [0.2, 0.25) is 0 Å². The van der Waals surface area contributed by atoms with Crippen molar-refractivity contribution in [1.29, 1.82) is 0 Å². The molecule has 5 nitrogen and oxygen atoms in total. The lowest BCUT2D eigenvalue weighted by Gasteiger charge is -2.10. The van der Waals surface area contributed by atoms with E-state index in [0.717, 1.165) is 0 Å². The Bertz CT molecular complexity index is 529. The number of hydrogen-bond acceptors (Lipinski definition) is 4. The second-order valence-corrected chi connectivity index (χ2v) is 3.48. The van der Waals surface area contributed by atoms with Crippen molar-refractivity contribution in [3.63, 3.8) is 0 Å². The number of rotatable bonds is 4. The van der Waals surface area contributed by atoms with Gasteiger partial charge in [0.25, 0.3) is 5.91 Å². The summed E-state index contributed by atoms with van der Waals surface area (Å²) in [6.45, 7) is 2.43. The molecule has 1 aromatic heterocycles. The predicted molar refractivity (Wildman–Crippen MR) is 67.6 cm³/mol. The topological polar surface area (TPSA) is 64.1 Å². The number of ether oxygens (including phenoxy) is 1. The number of carbonyl (C=O) groups excluding carboxylic acids is 1. The molecule has 1 amide bonds. The van der Waals surface area contributed by atoms with Crippen LogP contribution < -0.4 is 10.1 Å². The minimum atomic E-state index is -0.287. The summed E-state index contributed by atoms with van der Waals surface area (Å²) >= 11 is 0. The first-order chi connectivity index (χ1) is 8.81. The Labute approximate surface area is 105 Å². The molecule has 0 aliphatic carbocycles. The fourth-order valence-corrected chi connectivity index (χ4v) is 1.46. The summed E-state index contributed by atoms with van der Waals surface area (Å²) in [6.07, 6.45) is 2.86. The number of nitrogens with zero attached hydrogens (tertiary/aromatic N) is 2. The quantitative estimate of drug-likeness (QED) is 0.893. The van der Waals surface area contributed by atoms with E-state index in [9.17, 15) is 4.79 Å². The van der Waals surface area contributed by atoms with E-state index in [2.05, 4.69) is 15.3 Å². The third-order valence-corrected chi connectivity index (χ3v) is 2.25. The van der Waals surface area contributed by atoms with Gasteiger partial charge < -0.3 is 10.1 Å². The van der Waals surface area contributed by atoms with Crippen molar-refractivity contribution in [2.24, 2.45) is 0 Å². The fourth-order valence-electron chi connectivity index (χ4n) is 1.46. The largest absolute Gasteiger partial charge is 0.492 e. The molecule has 1 N–H and O–H groups in total. The summed E-state index contributed by atoms with van der Waals surface area (Å²) in [6, 6.07) is 8.82. The molecular formula is C13H13N3O2. The van der Waals surface area contributed by atoms with Crippen LogP contribution in [-0.2, 0) is 0 Å². The minimum Gasteiger partial charge on any atom is -0.492 e. The summed E-state index contributed by atoms with van der Waals surface area (Å²) in [4.78, 5) is 19.6. The maximum absolute atomic E-state index is 11.9. The van der Waals surface area contributed by atoms with E-state index in [1.165, 1.54) is 12.5 Å². The van der Waals surface area contributed by atoms with Crippen LogP contribution in [0.3, 0.4) is 0 Å². The molecule has 0 fully saturated rings. The van der Waals surface area contributed by atoms with Crippen LogP contribution >= 0.6 is 0 Å². The van der Waals surface area contributed by atoms with Gasteiger partial charge in [0, 0.05) is 6.20 Å². The third kappa shape index (κ3) is 2.82. The number of carbonyl (C=O) groups is 1. The highest BCUT2D eigenvalue weighted by molar-refractivity contribution is 6.03. The van der Waals surface area contributed by atoms with Crippen molar-refractivity contribution in [3.05, 3.63) is 48.5 Å². The highest BCUT2D eigenvalue weighted by Gasteiger charge is 2.09. The molecule has 1 heterocycles. The molecule has 2 aromatic rings. The molecule has 18 heavy (non-hydrogen) atoms. The van der Waals surface area contributed by atoms with E-state index in [1.54, 1.807) is 18.2 Å². The molecule has 0 atom stereocenters. The molecule has 0 saturated carbocycles. The SMILES string of the molecule is CCOc1ccccc1NC(=O)c1ccncn1. The molecule has 92 valence electrons. The van der Waals surface area contributed by atoms with E-state index in [0.29, 0.717) is 23.7 Å². The Hall–Kier alpha value is -2.43. The van der Waals surface area contributed by atoms with Crippen molar-refractivity contribution >= 4 is 11.6 Å². The van der Waals surface area contributed by atoms with Crippen molar-refractivity contribution in [1.82, 2.24) is 9.97 Å². The van der Waals surface area contributed by atoms with Crippen LogP contribution in [0.5, 0.6) is 5.75 Å². The number of amides is 1. The second-order valence-electron chi connectivity index (χ2n) is 3.48. The highest BCUT2D eigenvalue weighted by atomic mass is 16.5. The number of anilines is 1. The van der Waals surface area contributed by atoms with E-state index < -0.39 is 0 Å². The summed E-state index contributed by atoms with van der Waals surface area (Å²) in [7, 11) is 0. The van der Waals surface area contributed by atoms with E-state index in [1.807, 2.05) is 19.1 Å². The summed E-state index contributed by atoms with van der Waals surface area (Å²) < 4.78 is 5.43. The zero-order chi connectivity index (χ0) is 12.8. The molecule has 0 radical (unpaired) electrons. The monoisotopic (exact) mass is 243 g/mol. The summed E-state index contributed by atoms with van der Waals surface area (Å²) in [5.41, 5.74) is 0.944. The van der Waals surface area contributed by atoms with Crippen LogP contribution in [0.2, 0.25) is 0 Å². The standard InChI is InChI=1S/C13H13N3O2/c1-2-18-12-6-4-3-5-10(12)16-13(17)11-7-8-14-9-15-11/h3-9H,2H2,1H3,(H,16,17). The average Bonchev–Trinajstić information content (AvgIpc) is 2.42. The van der Waals surface area contributed by atoms with E-state index in [-0.39, 0.29) is 5.91 Å². The number of hydrogen-bond donors (Lipinski definition) is 1. The fraction of sp³-hybridized carbons (Fsp3) is 0.154. The van der Waals surface area contributed by atoms with Crippen molar-refractivity contribution in [2.45, 2.75) is 6.92 Å². The molecule has 0 saturated heterocycles. The van der Waals surface area contributed by atoms with Gasteiger partial charge in [-0.3, -0.25) is 4.79 Å². The first kappa shape index (κ1) is 12.0. The minimum absolute atomic E-state index is 0.287. The molecule has 1 aromatic carbocycles. The van der Waals surface area contributed by atoms with E-state index in [4.69, 9.17) is 4.74 Å². The molecule has 0 spiro atoms. The lowest BCUT2D eigenvalue weighted by atomic mass is 10.2.